The van der Waals surface area contributed by atoms with Gasteiger partial charge in [-0.2, -0.15) is 5.10 Å². The van der Waals surface area contributed by atoms with Gasteiger partial charge in [0.15, 0.2) is 5.03 Å². The van der Waals surface area contributed by atoms with Crippen LogP contribution in [-0.4, -0.2) is 30.2 Å². The normalized spacial score (nSPS) is 12.1. The maximum Gasteiger partial charge on any atom is 0.257 e. The first-order chi connectivity index (χ1) is 7.04. The molecule has 0 fully saturated rings. The Balaban J connectivity index is 2.70. The van der Waals surface area contributed by atoms with E-state index < -0.39 is 10.0 Å². The summed E-state index contributed by atoms with van der Waals surface area (Å²) in [5.74, 6) is 0. The van der Waals surface area contributed by atoms with E-state index in [4.69, 9.17) is 0 Å². The zero-order valence-electron chi connectivity index (χ0n) is 8.30. The molecule has 6 nitrogen and oxygen atoms in total. The summed E-state index contributed by atoms with van der Waals surface area (Å²) in [5, 5.41) is 4.82. The van der Waals surface area contributed by atoms with Crippen LogP contribution in [0.2, 0.25) is 0 Å². The minimum atomic E-state index is -3.49. The number of fused-ring (bicyclic) bond motifs is 1. The molecule has 0 aromatic carbocycles. The summed E-state index contributed by atoms with van der Waals surface area (Å²) in [5.41, 5.74) is 0.735. The second kappa shape index (κ2) is 3.28. The van der Waals surface area contributed by atoms with Crippen molar-refractivity contribution >= 4 is 20.9 Å². The highest BCUT2D eigenvalue weighted by atomic mass is 32.2. The molecule has 0 saturated heterocycles. The van der Waals surface area contributed by atoms with Crippen molar-refractivity contribution in [2.45, 2.75) is 5.03 Å². The van der Waals surface area contributed by atoms with Crippen LogP contribution in [0.4, 0.5) is 0 Å². The molecule has 0 aliphatic carbocycles. The molecule has 2 heterocycles. The Morgan fingerprint density at radius 2 is 2.13 bits per heavy atom. The second-order valence-electron chi connectivity index (χ2n) is 3.06. The van der Waals surface area contributed by atoms with E-state index in [1.54, 1.807) is 17.9 Å². The highest BCUT2D eigenvalue weighted by Gasteiger charge is 2.14. The fourth-order valence-electron chi connectivity index (χ4n) is 1.28. The Morgan fingerprint density at radius 1 is 1.40 bits per heavy atom. The van der Waals surface area contributed by atoms with Crippen molar-refractivity contribution < 1.29 is 8.42 Å². The van der Waals surface area contributed by atoms with E-state index in [2.05, 4.69) is 14.8 Å². The summed E-state index contributed by atoms with van der Waals surface area (Å²) in [4.78, 5) is 3.86. The van der Waals surface area contributed by atoms with Crippen molar-refractivity contribution in [3.63, 3.8) is 0 Å². The van der Waals surface area contributed by atoms with Gasteiger partial charge in [-0.1, -0.05) is 0 Å². The number of aromatic nitrogens is 3. The van der Waals surface area contributed by atoms with E-state index in [-0.39, 0.29) is 5.03 Å². The first-order valence-corrected chi connectivity index (χ1v) is 5.74. The average Bonchev–Trinajstić information content (AvgIpc) is 2.60. The van der Waals surface area contributed by atoms with Crippen LogP contribution in [0.1, 0.15) is 0 Å². The zero-order chi connectivity index (χ0) is 11.1. The van der Waals surface area contributed by atoms with E-state index in [1.165, 1.54) is 19.3 Å². The molecular weight excluding hydrogens is 216 g/mol. The third-order valence-electron chi connectivity index (χ3n) is 2.15. The van der Waals surface area contributed by atoms with Crippen molar-refractivity contribution in [3.05, 3.63) is 18.5 Å². The predicted molar refractivity (Wildman–Crippen MR) is 54.8 cm³/mol. The Morgan fingerprint density at radius 3 is 2.80 bits per heavy atom. The SMILES string of the molecule is CNS(=O)(=O)c1cc2c(cn1)cnn2C. The summed E-state index contributed by atoms with van der Waals surface area (Å²) in [6.07, 6.45) is 3.13. The van der Waals surface area contributed by atoms with E-state index in [9.17, 15) is 8.42 Å². The molecule has 0 aliphatic rings. The van der Waals surface area contributed by atoms with Crippen LogP contribution in [0.3, 0.4) is 0 Å². The summed E-state index contributed by atoms with van der Waals surface area (Å²) < 4.78 is 26.8. The van der Waals surface area contributed by atoms with Crippen LogP contribution in [0.5, 0.6) is 0 Å². The van der Waals surface area contributed by atoms with Gasteiger partial charge in [0.05, 0.1) is 11.7 Å². The molecule has 0 saturated carbocycles. The van der Waals surface area contributed by atoms with Crippen LogP contribution in [0.25, 0.3) is 10.9 Å². The van der Waals surface area contributed by atoms with Gasteiger partial charge in [0.1, 0.15) is 0 Å². The van der Waals surface area contributed by atoms with Gasteiger partial charge in [-0.3, -0.25) is 4.68 Å². The smallest absolute Gasteiger partial charge is 0.257 e. The van der Waals surface area contributed by atoms with Gasteiger partial charge >= 0.3 is 0 Å². The van der Waals surface area contributed by atoms with Crippen molar-refractivity contribution in [2.24, 2.45) is 7.05 Å². The first kappa shape index (κ1) is 10.1. The van der Waals surface area contributed by atoms with Gasteiger partial charge in [-0.25, -0.2) is 18.1 Å². The molecule has 15 heavy (non-hydrogen) atoms. The molecule has 1 N–H and O–H groups in total. The quantitative estimate of drug-likeness (QED) is 0.774. The topological polar surface area (TPSA) is 76.9 Å². The summed E-state index contributed by atoms with van der Waals surface area (Å²) >= 11 is 0. The van der Waals surface area contributed by atoms with Crippen molar-refractivity contribution in [1.82, 2.24) is 19.5 Å². The maximum absolute atomic E-state index is 11.5. The standard InChI is InChI=1S/C8H10N4O2S/c1-9-15(13,14)8-3-7-6(4-10-8)5-11-12(7)2/h3-5,9H,1-2H3. The van der Waals surface area contributed by atoms with Gasteiger partial charge in [0.25, 0.3) is 10.0 Å². The van der Waals surface area contributed by atoms with E-state index >= 15 is 0 Å². The highest BCUT2D eigenvalue weighted by Crippen LogP contribution is 2.14. The van der Waals surface area contributed by atoms with Crippen molar-refractivity contribution in [1.29, 1.82) is 0 Å². The molecule has 2 aromatic rings. The number of nitrogens with zero attached hydrogens (tertiary/aromatic N) is 3. The van der Waals surface area contributed by atoms with Gasteiger partial charge in [0.2, 0.25) is 0 Å². The third kappa shape index (κ3) is 1.59. The van der Waals surface area contributed by atoms with Crippen LogP contribution in [0, 0.1) is 0 Å². The second-order valence-corrected chi connectivity index (χ2v) is 4.89. The lowest BCUT2D eigenvalue weighted by Gasteiger charge is -2.01. The number of pyridine rings is 1. The predicted octanol–water partition coefficient (Wildman–Crippen LogP) is -0.124. The Bertz CT molecular complexity index is 602. The monoisotopic (exact) mass is 226 g/mol. The fraction of sp³-hybridized carbons (Fsp3) is 0.250. The number of sulfonamides is 1. The van der Waals surface area contributed by atoms with Gasteiger partial charge in [0, 0.05) is 24.7 Å². The minimum Gasteiger partial charge on any atom is -0.268 e. The van der Waals surface area contributed by atoms with E-state index in [0.717, 1.165) is 10.9 Å². The summed E-state index contributed by atoms with van der Waals surface area (Å²) in [6.45, 7) is 0. The number of nitrogens with one attached hydrogen (secondary N) is 1. The van der Waals surface area contributed by atoms with Crippen LogP contribution in [-0.2, 0) is 17.1 Å². The molecule has 80 valence electrons. The highest BCUT2D eigenvalue weighted by molar-refractivity contribution is 7.89. The maximum atomic E-state index is 11.5. The third-order valence-corrected chi connectivity index (χ3v) is 3.46. The van der Waals surface area contributed by atoms with Gasteiger partial charge in [-0.15, -0.1) is 0 Å². The zero-order valence-corrected chi connectivity index (χ0v) is 9.11. The fourth-order valence-corrected chi connectivity index (χ4v) is 1.95. The molecule has 0 atom stereocenters. The largest absolute Gasteiger partial charge is 0.268 e. The summed E-state index contributed by atoms with van der Waals surface area (Å²) in [7, 11) is -0.387. The number of rotatable bonds is 2. The van der Waals surface area contributed by atoms with E-state index in [0.29, 0.717) is 0 Å². The van der Waals surface area contributed by atoms with E-state index in [1.807, 2.05) is 0 Å². The number of hydrogen-bond acceptors (Lipinski definition) is 4. The number of hydrogen-bond donors (Lipinski definition) is 1. The Hall–Kier alpha value is -1.47. The Labute approximate surface area is 87.0 Å². The molecule has 2 rings (SSSR count). The molecule has 7 heteroatoms. The number of aryl methyl sites for hydroxylation is 1. The molecule has 0 aliphatic heterocycles. The van der Waals surface area contributed by atoms with Crippen LogP contribution >= 0.6 is 0 Å². The van der Waals surface area contributed by atoms with Crippen LogP contribution < -0.4 is 4.72 Å². The molecule has 2 aromatic heterocycles. The molecular formula is C8H10N4O2S. The molecule has 0 amide bonds. The Kier molecular flexibility index (Phi) is 2.20. The molecule has 0 bridgehead atoms. The lowest BCUT2D eigenvalue weighted by Crippen LogP contribution is -2.19. The molecule has 0 radical (unpaired) electrons. The first-order valence-electron chi connectivity index (χ1n) is 4.26. The lowest BCUT2D eigenvalue weighted by molar-refractivity contribution is 0.584. The van der Waals surface area contributed by atoms with Crippen molar-refractivity contribution in [3.8, 4) is 0 Å². The minimum absolute atomic E-state index is 0.00102. The van der Waals surface area contributed by atoms with Gasteiger partial charge < -0.3 is 0 Å². The summed E-state index contributed by atoms with van der Waals surface area (Å²) in [6, 6.07) is 1.49. The van der Waals surface area contributed by atoms with Gasteiger partial charge in [-0.05, 0) is 7.05 Å². The molecule has 0 unspecified atom stereocenters. The average molecular weight is 226 g/mol. The van der Waals surface area contributed by atoms with Crippen LogP contribution in [0.15, 0.2) is 23.5 Å². The lowest BCUT2D eigenvalue weighted by atomic mass is 10.3. The molecule has 0 spiro atoms. The van der Waals surface area contributed by atoms with Crippen molar-refractivity contribution in [2.75, 3.05) is 7.05 Å².